The molecule has 3 aromatic rings. The van der Waals surface area contributed by atoms with E-state index in [9.17, 15) is 9.18 Å². The summed E-state index contributed by atoms with van der Waals surface area (Å²) in [4.78, 5) is 30.6. The van der Waals surface area contributed by atoms with E-state index in [0.717, 1.165) is 25.9 Å². The van der Waals surface area contributed by atoms with Gasteiger partial charge in [-0.05, 0) is 31.7 Å². The number of rotatable bonds is 5. The Hall–Kier alpha value is -3.11. The van der Waals surface area contributed by atoms with E-state index < -0.39 is 5.82 Å². The van der Waals surface area contributed by atoms with Gasteiger partial charge in [0, 0.05) is 38.9 Å². The minimum absolute atomic E-state index is 0.0406. The van der Waals surface area contributed by atoms with Gasteiger partial charge in [0.2, 0.25) is 12.4 Å². The van der Waals surface area contributed by atoms with Crippen LogP contribution in [0.5, 0.6) is 0 Å². The molecule has 0 saturated carbocycles. The van der Waals surface area contributed by atoms with Crippen molar-refractivity contribution in [3.63, 3.8) is 0 Å². The van der Waals surface area contributed by atoms with Crippen molar-refractivity contribution in [2.45, 2.75) is 12.5 Å². The lowest BCUT2D eigenvalue weighted by Crippen LogP contribution is -2.30. The van der Waals surface area contributed by atoms with E-state index in [-0.39, 0.29) is 5.02 Å². The third-order valence-corrected chi connectivity index (χ3v) is 4.93. The highest BCUT2D eigenvalue weighted by Gasteiger charge is 2.23. The quantitative estimate of drug-likeness (QED) is 0.576. The van der Waals surface area contributed by atoms with Crippen LogP contribution in [0.1, 0.15) is 6.42 Å². The Kier molecular flexibility index (Phi) is 7.48. The molecular formula is C20H24ClFN8O. The summed E-state index contributed by atoms with van der Waals surface area (Å²) in [5.41, 5.74) is 1.85. The van der Waals surface area contributed by atoms with Gasteiger partial charge in [-0.2, -0.15) is 0 Å². The Balaban J connectivity index is 0.000000491. The van der Waals surface area contributed by atoms with Crippen LogP contribution >= 0.6 is 11.6 Å². The van der Waals surface area contributed by atoms with E-state index in [2.05, 4.69) is 35.5 Å². The Morgan fingerprint density at radius 2 is 2.06 bits per heavy atom. The molecule has 1 atom stereocenters. The monoisotopic (exact) mass is 446 g/mol. The Labute approximate surface area is 184 Å². The zero-order chi connectivity index (χ0) is 22.4. The second kappa shape index (κ2) is 10.3. The second-order valence-electron chi connectivity index (χ2n) is 7.17. The van der Waals surface area contributed by atoms with Gasteiger partial charge in [-0.1, -0.05) is 11.6 Å². The van der Waals surface area contributed by atoms with E-state index in [0.29, 0.717) is 34.5 Å². The van der Waals surface area contributed by atoms with Gasteiger partial charge in [0.05, 0.1) is 11.2 Å². The number of nitrogens with zero attached hydrogens (tertiary/aromatic N) is 6. The predicted molar refractivity (Wildman–Crippen MR) is 119 cm³/mol. The number of hydrogen-bond acceptors (Lipinski definition) is 8. The number of hydrogen-bond donors (Lipinski definition) is 2. The maximum Gasteiger partial charge on any atom is 0.226 e. The molecule has 0 aliphatic carbocycles. The predicted octanol–water partition coefficient (Wildman–Crippen LogP) is 2.46. The first-order valence-corrected chi connectivity index (χ1v) is 10.0. The van der Waals surface area contributed by atoms with Gasteiger partial charge < -0.3 is 20.4 Å². The molecule has 11 heteroatoms. The third-order valence-electron chi connectivity index (χ3n) is 4.64. The van der Waals surface area contributed by atoms with E-state index in [4.69, 9.17) is 11.6 Å². The SMILES string of the molecule is CN(C)C=O.CNC1CCN(c2ncc3ncnc(Nc4ccc(F)c(Cl)c4)c3n2)C1. The van der Waals surface area contributed by atoms with E-state index in [1.165, 1.54) is 23.4 Å². The van der Waals surface area contributed by atoms with Gasteiger partial charge >= 0.3 is 0 Å². The Morgan fingerprint density at radius 1 is 1.29 bits per heavy atom. The highest BCUT2D eigenvalue weighted by molar-refractivity contribution is 6.31. The second-order valence-corrected chi connectivity index (χ2v) is 7.58. The number of carbonyl (C=O) groups excluding carboxylic acids is 1. The van der Waals surface area contributed by atoms with Crippen LogP contribution in [0, 0.1) is 5.82 Å². The first kappa shape index (κ1) is 22.6. The molecule has 1 aliphatic rings. The molecular weight excluding hydrogens is 423 g/mol. The summed E-state index contributed by atoms with van der Waals surface area (Å²) in [5, 5.41) is 6.45. The summed E-state index contributed by atoms with van der Waals surface area (Å²) >= 11 is 5.85. The summed E-state index contributed by atoms with van der Waals surface area (Å²) in [6.07, 6.45) is 4.92. The lowest BCUT2D eigenvalue weighted by atomic mass is 10.3. The zero-order valence-corrected chi connectivity index (χ0v) is 18.3. The van der Waals surface area contributed by atoms with Crippen molar-refractivity contribution in [2.75, 3.05) is 44.4 Å². The van der Waals surface area contributed by atoms with Crippen molar-refractivity contribution >= 4 is 46.5 Å². The summed E-state index contributed by atoms with van der Waals surface area (Å²) < 4.78 is 13.4. The van der Waals surface area contributed by atoms with Gasteiger partial charge in [0.25, 0.3) is 0 Å². The summed E-state index contributed by atoms with van der Waals surface area (Å²) in [6.45, 7) is 1.74. The van der Waals surface area contributed by atoms with Crippen LogP contribution < -0.4 is 15.5 Å². The van der Waals surface area contributed by atoms with Crippen molar-refractivity contribution in [1.82, 2.24) is 30.2 Å². The van der Waals surface area contributed by atoms with Crippen LogP contribution in [0.4, 0.5) is 21.8 Å². The minimum atomic E-state index is -0.470. The molecule has 1 unspecified atom stereocenters. The molecule has 1 aromatic carbocycles. The molecule has 4 rings (SSSR count). The van der Waals surface area contributed by atoms with Crippen LogP contribution in [0.25, 0.3) is 11.0 Å². The minimum Gasteiger partial charge on any atom is -0.351 e. The van der Waals surface area contributed by atoms with Crippen LogP contribution in [0.3, 0.4) is 0 Å². The van der Waals surface area contributed by atoms with Gasteiger partial charge in [-0.3, -0.25) is 4.79 Å². The van der Waals surface area contributed by atoms with Crippen molar-refractivity contribution in [3.8, 4) is 0 Å². The molecule has 1 saturated heterocycles. The summed E-state index contributed by atoms with van der Waals surface area (Å²) in [6, 6.07) is 4.83. The third kappa shape index (κ3) is 5.74. The fourth-order valence-corrected chi connectivity index (χ4v) is 3.16. The largest absolute Gasteiger partial charge is 0.351 e. The van der Waals surface area contributed by atoms with E-state index >= 15 is 0 Å². The van der Waals surface area contributed by atoms with Crippen LogP contribution in [0.15, 0.2) is 30.7 Å². The molecule has 2 N–H and O–H groups in total. The maximum absolute atomic E-state index is 13.4. The van der Waals surface area contributed by atoms with Crippen LogP contribution in [0.2, 0.25) is 5.02 Å². The smallest absolute Gasteiger partial charge is 0.226 e. The summed E-state index contributed by atoms with van der Waals surface area (Å²) in [5.74, 6) is 0.693. The molecule has 31 heavy (non-hydrogen) atoms. The molecule has 1 fully saturated rings. The van der Waals surface area contributed by atoms with E-state index in [1.807, 2.05) is 7.05 Å². The average molecular weight is 447 g/mol. The van der Waals surface area contributed by atoms with Crippen LogP contribution in [-0.4, -0.2) is 71.5 Å². The maximum atomic E-state index is 13.4. The number of likely N-dealkylation sites (N-methyl/N-ethyl adjacent to an activating group) is 1. The number of anilines is 3. The van der Waals surface area contributed by atoms with Crippen LogP contribution in [-0.2, 0) is 4.79 Å². The molecule has 0 bridgehead atoms. The van der Waals surface area contributed by atoms with Crippen molar-refractivity contribution in [1.29, 1.82) is 0 Å². The lowest BCUT2D eigenvalue weighted by molar-refractivity contribution is -0.115. The molecule has 1 aliphatic heterocycles. The summed E-state index contributed by atoms with van der Waals surface area (Å²) in [7, 11) is 5.33. The van der Waals surface area contributed by atoms with Crippen molar-refractivity contribution in [2.24, 2.45) is 0 Å². The van der Waals surface area contributed by atoms with Gasteiger partial charge in [-0.15, -0.1) is 0 Å². The highest BCUT2D eigenvalue weighted by atomic mass is 35.5. The van der Waals surface area contributed by atoms with Gasteiger partial charge in [-0.25, -0.2) is 24.3 Å². The molecule has 164 valence electrons. The first-order chi connectivity index (χ1) is 14.9. The van der Waals surface area contributed by atoms with Crippen molar-refractivity contribution < 1.29 is 9.18 Å². The standard InChI is InChI=1S/C17H17ClFN7.C3H7NO/c1-20-11-4-5-26(8-11)17-21-7-14-15(25-17)16(23-9-22-14)24-10-2-3-13(19)12(18)6-10;1-4(2)3-5/h2-3,6-7,9,11,20H,4-5,8H2,1H3,(H,22,23,24);3H,1-2H3. The number of carbonyl (C=O) groups is 1. The Morgan fingerprint density at radius 3 is 2.71 bits per heavy atom. The average Bonchev–Trinajstić information content (AvgIpc) is 3.26. The number of halogens is 2. The molecule has 3 heterocycles. The fourth-order valence-electron chi connectivity index (χ4n) is 2.98. The molecule has 1 amide bonds. The molecule has 0 spiro atoms. The zero-order valence-electron chi connectivity index (χ0n) is 17.5. The number of aromatic nitrogens is 4. The number of benzene rings is 1. The highest BCUT2D eigenvalue weighted by Crippen LogP contribution is 2.26. The van der Waals surface area contributed by atoms with Gasteiger partial charge in [0.1, 0.15) is 23.2 Å². The first-order valence-electron chi connectivity index (χ1n) is 9.65. The van der Waals surface area contributed by atoms with E-state index in [1.54, 1.807) is 26.4 Å². The number of amides is 1. The fraction of sp³-hybridized carbons (Fsp3) is 0.350. The topological polar surface area (TPSA) is 99.2 Å². The van der Waals surface area contributed by atoms with Crippen molar-refractivity contribution in [3.05, 3.63) is 41.6 Å². The molecule has 9 nitrogen and oxygen atoms in total. The van der Waals surface area contributed by atoms with Gasteiger partial charge in [0.15, 0.2) is 5.82 Å². The lowest BCUT2D eigenvalue weighted by Gasteiger charge is -2.17. The number of fused-ring (bicyclic) bond motifs is 1. The Bertz CT molecular complexity index is 1050. The normalized spacial score (nSPS) is 15.4. The molecule has 2 aromatic heterocycles. The number of nitrogens with one attached hydrogen (secondary N) is 2. The molecule has 0 radical (unpaired) electrons.